The number of nitrogens with one attached hydrogen (secondary N) is 1. The molecule has 0 aliphatic carbocycles. The average molecular weight is 392 g/mol. The van der Waals surface area contributed by atoms with Crippen LogP contribution < -0.4 is 10.1 Å². The number of carbonyl (C=O) groups excluding carboxylic acids is 2. The van der Waals surface area contributed by atoms with Gasteiger partial charge in [-0.15, -0.1) is 0 Å². The summed E-state index contributed by atoms with van der Waals surface area (Å²) in [6.07, 6.45) is 1.88. The molecule has 0 saturated carbocycles. The number of benzene rings is 2. The van der Waals surface area contributed by atoms with Crippen molar-refractivity contribution in [3.63, 3.8) is 0 Å². The Morgan fingerprint density at radius 1 is 1.14 bits per heavy atom. The molecule has 29 heavy (non-hydrogen) atoms. The quantitative estimate of drug-likeness (QED) is 0.814. The van der Waals surface area contributed by atoms with E-state index in [4.69, 9.17) is 9.47 Å². The summed E-state index contributed by atoms with van der Waals surface area (Å²) >= 11 is 0. The Kier molecular flexibility index (Phi) is 4.13. The number of methoxy groups -OCH3 is 2. The Balaban J connectivity index is 1.73. The zero-order valence-corrected chi connectivity index (χ0v) is 16.6. The fourth-order valence-electron chi connectivity index (χ4n) is 5.83. The van der Waals surface area contributed by atoms with E-state index in [1.54, 1.807) is 7.11 Å². The SMILES string of the molecule is COC(=O)[C@@H]1[C@H](c2ccc(OC)cc2)N2CCC[C@@H]2[C@@]12C(=O)Nc1ccccc12. The van der Waals surface area contributed by atoms with Crippen molar-refractivity contribution in [2.75, 3.05) is 26.1 Å². The highest BCUT2D eigenvalue weighted by Gasteiger charge is 2.70. The molecule has 150 valence electrons. The number of amides is 1. The van der Waals surface area contributed by atoms with Crippen LogP contribution in [0.4, 0.5) is 5.69 Å². The van der Waals surface area contributed by atoms with Gasteiger partial charge in [0.25, 0.3) is 0 Å². The third-order valence-electron chi connectivity index (χ3n) is 6.89. The van der Waals surface area contributed by atoms with Gasteiger partial charge in [-0.05, 0) is 48.7 Å². The largest absolute Gasteiger partial charge is 0.497 e. The summed E-state index contributed by atoms with van der Waals surface area (Å²) < 4.78 is 10.6. The van der Waals surface area contributed by atoms with E-state index in [-0.39, 0.29) is 24.0 Å². The van der Waals surface area contributed by atoms with Gasteiger partial charge in [0.2, 0.25) is 5.91 Å². The first-order valence-corrected chi connectivity index (χ1v) is 10.0. The molecule has 0 bridgehead atoms. The van der Waals surface area contributed by atoms with Crippen molar-refractivity contribution < 1.29 is 19.1 Å². The summed E-state index contributed by atoms with van der Waals surface area (Å²) in [7, 11) is 3.04. The molecule has 1 N–H and O–H groups in total. The zero-order valence-electron chi connectivity index (χ0n) is 16.6. The van der Waals surface area contributed by atoms with E-state index in [9.17, 15) is 9.59 Å². The molecule has 4 atom stereocenters. The molecule has 0 radical (unpaired) electrons. The summed E-state index contributed by atoms with van der Waals surface area (Å²) in [5.74, 6) is -0.290. The number of hydrogen-bond donors (Lipinski definition) is 1. The van der Waals surface area contributed by atoms with Crippen LogP contribution in [0.25, 0.3) is 0 Å². The standard InChI is InChI=1S/C23H24N2O4/c1-28-15-11-9-14(10-12-15)20-19(21(26)29-2)23(18-8-5-13-25(18)20)16-6-3-4-7-17(16)24-22(23)27/h3-4,6-7,9-12,18-20H,5,8,13H2,1-2H3,(H,24,27)/t18-,19+,20+,23-/m1/s1. The van der Waals surface area contributed by atoms with Crippen molar-refractivity contribution in [3.8, 4) is 5.75 Å². The zero-order chi connectivity index (χ0) is 20.2. The molecule has 1 spiro atoms. The summed E-state index contributed by atoms with van der Waals surface area (Å²) in [6.45, 7) is 0.853. The second-order valence-electron chi connectivity index (χ2n) is 7.98. The highest BCUT2D eigenvalue weighted by molar-refractivity contribution is 6.10. The number of nitrogens with zero attached hydrogens (tertiary/aromatic N) is 1. The fraction of sp³-hybridized carbons (Fsp3) is 0.391. The Bertz CT molecular complexity index is 973. The molecule has 2 aromatic rings. The topological polar surface area (TPSA) is 67.9 Å². The summed E-state index contributed by atoms with van der Waals surface area (Å²) in [4.78, 5) is 29.1. The van der Waals surface area contributed by atoms with E-state index in [1.807, 2.05) is 48.5 Å². The van der Waals surface area contributed by atoms with Gasteiger partial charge in [0, 0.05) is 17.8 Å². The minimum absolute atomic E-state index is 0.0395. The minimum Gasteiger partial charge on any atom is -0.497 e. The average Bonchev–Trinajstić information content (AvgIpc) is 3.41. The number of esters is 1. The Morgan fingerprint density at radius 3 is 2.62 bits per heavy atom. The monoisotopic (exact) mass is 392 g/mol. The third-order valence-corrected chi connectivity index (χ3v) is 6.89. The lowest BCUT2D eigenvalue weighted by Crippen LogP contribution is -2.50. The van der Waals surface area contributed by atoms with Gasteiger partial charge in [-0.3, -0.25) is 14.5 Å². The lowest BCUT2D eigenvalue weighted by Gasteiger charge is -2.33. The molecule has 3 aliphatic heterocycles. The molecule has 6 nitrogen and oxygen atoms in total. The summed E-state index contributed by atoms with van der Waals surface area (Å²) in [6, 6.07) is 15.3. The van der Waals surface area contributed by atoms with Gasteiger partial charge < -0.3 is 14.8 Å². The van der Waals surface area contributed by atoms with Crippen molar-refractivity contribution in [2.45, 2.75) is 30.3 Å². The maximum absolute atomic E-state index is 13.5. The van der Waals surface area contributed by atoms with Crippen molar-refractivity contribution in [1.29, 1.82) is 0 Å². The van der Waals surface area contributed by atoms with Crippen LogP contribution in [0.5, 0.6) is 5.75 Å². The van der Waals surface area contributed by atoms with Gasteiger partial charge in [-0.2, -0.15) is 0 Å². The van der Waals surface area contributed by atoms with E-state index in [0.717, 1.165) is 42.0 Å². The second kappa shape index (κ2) is 6.59. The van der Waals surface area contributed by atoms with Crippen molar-refractivity contribution in [2.24, 2.45) is 5.92 Å². The van der Waals surface area contributed by atoms with Crippen LogP contribution in [0.3, 0.4) is 0 Å². The van der Waals surface area contributed by atoms with Crippen molar-refractivity contribution in [3.05, 3.63) is 59.7 Å². The van der Waals surface area contributed by atoms with Gasteiger partial charge in [-0.1, -0.05) is 30.3 Å². The van der Waals surface area contributed by atoms with Crippen molar-refractivity contribution in [1.82, 2.24) is 4.90 Å². The molecule has 6 heteroatoms. The Hall–Kier alpha value is -2.86. The van der Waals surface area contributed by atoms with Crippen LogP contribution in [0.15, 0.2) is 48.5 Å². The predicted molar refractivity (Wildman–Crippen MR) is 108 cm³/mol. The van der Waals surface area contributed by atoms with Crippen LogP contribution in [0, 0.1) is 5.92 Å². The Labute approximate surface area is 169 Å². The third kappa shape index (κ3) is 2.32. The molecule has 3 heterocycles. The van der Waals surface area contributed by atoms with Gasteiger partial charge >= 0.3 is 5.97 Å². The summed E-state index contributed by atoms with van der Waals surface area (Å²) in [5, 5.41) is 3.05. The normalized spacial score (nSPS) is 30.1. The first-order chi connectivity index (χ1) is 14.1. The first-order valence-electron chi connectivity index (χ1n) is 10.0. The van der Waals surface area contributed by atoms with Crippen LogP contribution in [-0.4, -0.2) is 43.6 Å². The van der Waals surface area contributed by atoms with Crippen LogP contribution in [-0.2, 0) is 19.7 Å². The smallest absolute Gasteiger partial charge is 0.312 e. The second-order valence-corrected chi connectivity index (χ2v) is 7.98. The number of fused-ring (bicyclic) bond motifs is 4. The van der Waals surface area contributed by atoms with Crippen molar-refractivity contribution >= 4 is 17.6 Å². The first kappa shape index (κ1) is 18.2. The highest BCUT2D eigenvalue weighted by atomic mass is 16.5. The molecular formula is C23H24N2O4. The maximum Gasteiger partial charge on any atom is 0.312 e. The number of para-hydroxylation sites is 1. The number of ether oxygens (including phenoxy) is 2. The molecule has 0 unspecified atom stereocenters. The van der Waals surface area contributed by atoms with Gasteiger partial charge in [-0.25, -0.2) is 0 Å². The molecule has 2 aromatic carbocycles. The van der Waals surface area contributed by atoms with E-state index in [2.05, 4.69) is 10.2 Å². The maximum atomic E-state index is 13.5. The van der Waals surface area contributed by atoms with Gasteiger partial charge in [0.05, 0.1) is 20.1 Å². The van der Waals surface area contributed by atoms with E-state index >= 15 is 0 Å². The molecule has 5 rings (SSSR count). The van der Waals surface area contributed by atoms with E-state index in [0.29, 0.717) is 0 Å². The van der Waals surface area contributed by atoms with E-state index < -0.39 is 11.3 Å². The number of anilines is 1. The number of carbonyl (C=O) groups is 2. The minimum atomic E-state index is -0.940. The van der Waals surface area contributed by atoms with E-state index in [1.165, 1.54) is 7.11 Å². The Morgan fingerprint density at radius 2 is 1.90 bits per heavy atom. The fourth-order valence-corrected chi connectivity index (χ4v) is 5.83. The van der Waals surface area contributed by atoms with Crippen LogP contribution >= 0.6 is 0 Å². The van der Waals surface area contributed by atoms with Crippen LogP contribution in [0.2, 0.25) is 0 Å². The van der Waals surface area contributed by atoms with Crippen LogP contribution in [0.1, 0.15) is 30.0 Å². The molecule has 2 fully saturated rings. The molecule has 3 aliphatic rings. The molecule has 2 saturated heterocycles. The molecule has 1 amide bonds. The lowest BCUT2D eigenvalue weighted by atomic mass is 9.66. The number of hydrogen-bond acceptors (Lipinski definition) is 5. The van der Waals surface area contributed by atoms with Gasteiger partial charge in [0.1, 0.15) is 11.2 Å². The summed E-state index contributed by atoms with van der Waals surface area (Å²) in [5.41, 5.74) is 1.77. The lowest BCUT2D eigenvalue weighted by molar-refractivity contribution is -0.150. The number of rotatable bonds is 3. The molecular weight excluding hydrogens is 368 g/mol. The van der Waals surface area contributed by atoms with Gasteiger partial charge in [0.15, 0.2) is 0 Å². The predicted octanol–water partition coefficient (Wildman–Crippen LogP) is 2.89. The highest BCUT2D eigenvalue weighted by Crippen LogP contribution is 2.60. The molecule has 0 aromatic heterocycles.